The van der Waals surface area contributed by atoms with Gasteiger partial charge in [-0.25, -0.2) is 15.0 Å². The van der Waals surface area contributed by atoms with E-state index in [1.165, 1.54) is 61.6 Å². The molecule has 69 heavy (non-hydrogen) atoms. The number of hydrogen-bond donors (Lipinski definition) is 5. The molecule has 356 valence electrons. The van der Waals surface area contributed by atoms with Crippen LogP contribution < -0.4 is 10.2 Å². The van der Waals surface area contributed by atoms with E-state index < -0.39 is 60.1 Å². The lowest BCUT2D eigenvalue weighted by Gasteiger charge is -2.28. The fourth-order valence-corrected chi connectivity index (χ4v) is 12.6. The summed E-state index contributed by atoms with van der Waals surface area (Å²) in [5.41, 5.74) is -0.242. The average Bonchev–Trinajstić information content (AvgIpc) is 3.96. The number of anilines is 5. The summed E-state index contributed by atoms with van der Waals surface area (Å²) in [5.74, 6) is -0.644. The Morgan fingerprint density at radius 2 is 1.14 bits per heavy atom. The van der Waals surface area contributed by atoms with Gasteiger partial charge in [-0.15, -0.1) is 10.2 Å². The number of hydrogen-bond acceptors (Lipinski definition) is 19. The summed E-state index contributed by atoms with van der Waals surface area (Å²) in [6.07, 6.45) is 0. The molecule has 28 heteroatoms. The molecule has 0 aliphatic rings. The largest absolute Gasteiger partial charge is 0.338 e. The number of fused-ring (bicyclic) bond motifs is 2. The van der Waals surface area contributed by atoms with Gasteiger partial charge in [0.25, 0.3) is 40.5 Å². The number of aryl methyl sites for hydroxylation is 2. The third kappa shape index (κ3) is 9.07. The Morgan fingerprint density at radius 1 is 0.652 bits per heavy atom. The Balaban J connectivity index is 1.47. The highest BCUT2D eigenvalue weighted by molar-refractivity contribution is 7.87. The van der Waals surface area contributed by atoms with Gasteiger partial charge in [0.05, 0.1) is 31.8 Å². The van der Waals surface area contributed by atoms with E-state index in [4.69, 9.17) is 9.97 Å². The van der Waals surface area contributed by atoms with Gasteiger partial charge in [-0.3, -0.25) is 23.1 Å². The van der Waals surface area contributed by atoms with Crippen molar-refractivity contribution in [2.24, 2.45) is 10.2 Å². The first-order valence-electron chi connectivity index (χ1n) is 19.6. The molecule has 0 bridgehead atoms. The minimum atomic E-state index is -5.21. The molecule has 0 saturated carbocycles. The molecule has 8 aromatic rings. The molecule has 4 aromatic heterocycles. The number of para-hydroxylation sites is 2. The number of aromatic nitrogens is 5. The molecule has 0 amide bonds. The maximum atomic E-state index is 12.9. The normalized spacial score (nSPS) is 12.6. The molecule has 0 radical (unpaired) electrons. The SMILES string of the molecule is Cc1cc(N(c2nc3ccccc3s2)c2c(C)c(S(=O)(=O)O)cc(S(=O)(=O)O)c2C)nc(Nc2c(C)c(S(=O)(=O)O)cc(S(=O)(=O)O)c2C)c1N=Nc1c(C#N)c(C)nn1-c1nc2ccccc2s1. The molecule has 0 atom stereocenters. The zero-order valence-corrected chi connectivity index (χ0v) is 41.3. The maximum absolute atomic E-state index is 12.9. The van der Waals surface area contributed by atoms with E-state index in [1.807, 2.05) is 12.1 Å². The number of benzene rings is 4. The van der Waals surface area contributed by atoms with Crippen molar-refractivity contribution in [3.05, 3.63) is 106 Å². The second-order valence-electron chi connectivity index (χ2n) is 15.3. The summed E-state index contributed by atoms with van der Waals surface area (Å²) in [6.45, 7) is 8.06. The second-order valence-corrected chi connectivity index (χ2v) is 22.8. The molecule has 8 rings (SSSR count). The van der Waals surface area contributed by atoms with Gasteiger partial charge in [0.2, 0.25) is 5.13 Å². The van der Waals surface area contributed by atoms with E-state index in [-0.39, 0.29) is 78.7 Å². The minimum absolute atomic E-state index is 0.00130. The summed E-state index contributed by atoms with van der Waals surface area (Å²) < 4.78 is 146. The smallest absolute Gasteiger partial charge is 0.294 e. The van der Waals surface area contributed by atoms with Crippen molar-refractivity contribution < 1.29 is 51.9 Å². The van der Waals surface area contributed by atoms with E-state index in [2.05, 4.69) is 31.7 Å². The van der Waals surface area contributed by atoms with Crippen molar-refractivity contribution in [3.8, 4) is 11.2 Å². The molecular weight excluding hydrogens is 1020 g/mol. The highest BCUT2D eigenvalue weighted by atomic mass is 32.2. The van der Waals surface area contributed by atoms with E-state index >= 15 is 0 Å². The van der Waals surface area contributed by atoms with Crippen LogP contribution in [-0.4, -0.2) is 76.6 Å². The summed E-state index contributed by atoms with van der Waals surface area (Å²) in [7, 11) is -20.8. The number of azo groups is 1. The van der Waals surface area contributed by atoms with Crippen LogP contribution in [-0.2, 0) is 40.5 Å². The van der Waals surface area contributed by atoms with E-state index in [0.717, 1.165) is 16.0 Å². The Labute approximate surface area is 401 Å². The predicted molar refractivity (Wildman–Crippen MR) is 255 cm³/mol. The Hall–Kier alpha value is -6.65. The highest BCUT2D eigenvalue weighted by Crippen LogP contribution is 2.47. The lowest BCUT2D eigenvalue weighted by Crippen LogP contribution is -2.19. The van der Waals surface area contributed by atoms with Crippen molar-refractivity contribution in [1.82, 2.24) is 24.7 Å². The van der Waals surface area contributed by atoms with Crippen LogP contribution in [0.4, 0.5) is 39.6 Å². The van der Waals surface area contributed by atoms with Crippen LogP contribution in [0.5, 0.6) is 0 Å². The Bertz CT molecular complexity index is 3870. The first-order chi connectivity index (χ1) is 32.2. The van der Waals surface area contributed by atoms with Crippen molar-refractivity contribution in [2.45, 2.75) is 61.1 Å². The first-order valence-corrected chi connectivity index (χ1v) is 27.0. The lowest BCUT2D eigenvalue weighted by atomic mass is 10.1. The van der Waals surface area contributed by atoms with E-state index in [1.54, 1.807) is 43.3 Å². The molecular formula is C41H34N10O12S6. The molecule has 0 aliphatic carbocycles. The van der Waals surface area contributed by atoms with Gasteiger partial charge in [-0.2, -0.15) is 48.7 Å². The number of rotatable bonds is 12. The number of nitriles is 1. The van der Waals surface area contributed by atoms with Gasteiger partial charge in [-0.05, 0) is 112 Å². The van der Waals surface area contributed by atoms with Crippen LogP contribution in [0.3, 0.4) is 0 Å². The van der Waals surface area contributed by atoms with Gasteiger partial charge in [-0.1, -0.05) is 46.9 Å². The molecule has 4 heterocycles. The summed E-state index contributed by atoms with van der Waals surface area (Å²) in [4.78, 5) is 11.8. The van der Waals surface area contributed by atoms with Crippen LogP contribution >= 0.6 is 22.7 Å². The molecule has 0 spiro atoms. The monoisotopic (exact) mass is 1050 g/mol. The molecule has 0 fully saturated rings. The van der Waals surface area contributed by atoms with Crippen molar-refractivity contribution in [1.29, 1.82) is 5.26 Å². The van der Waals surface area contributed by atoms with Gasteiger partial charge >= 0.3 is 0 Å². The van der Waals surface area contributed by atoms with Crippen molar-refractivity contribution in [3.63, 3.8) is 0 Å². The third-order valence-corrected chi connectivity index (χ3v) is 16.7. The Morgan fingerprint density at radius 3 is 1.64 bits per heavy atom. The van der Waals surface area contributed by atoms with Crippen LogP contribution in [0.25, 0.3) is 25.6 Å². The third-order valence-electron chi connectivity index (χ3n) is 10.8. The standard InChI is InChI=1S/C41H34N10O12S6/c1-19-15-34(50(40-43-26-11-7-9-13-28(26)64-40)37-22(4)32(68(58,59)60)17-33(23(37)5)69(61,62)63)45-38(46-36-20(2)30(66(52,53)54)16-31(21(36)3)67(55,56)57)35(19)47-48-39-25(18-42)24(6)49-51(39)41-44-27-12-8-10-14-29(27)65-41/h7-17H,1-6H3,(H,45,46)(H,52,53,54)(H,55,56,57)(H,58,59,60)(H,61,62,63). The average molecular weight is 1050 g/mol. The first kappa shape index (κ1) is 48.8. The zero-order chi connectivity index (χ0) is 50.3. The van der Waals surface area contributed by atoms with Crippen LogP contribution in [0.1, 0.15) is 39.1 Å². The quantitative estimate of drug-likeness (QED) is 0.0563. The number of thiazole rings is 2. The molecule has 5 N–H and O–H groups in total. The van der Waals surface area contributed by atoms with Gasteiger partial charge in [0, 0.05) is 5.69 Å². The Kier molecular flexibility index (Phi) is 12.3. The highest BCUT2D eigenvalue weighted by Gasteiger charge is 2.33. The summed E-state index contributed by atoms with van der Waals surface area (Å²) in [5, 5.41) is 27.0. The van der Waals surface area contributed by atoms with Crippen LogP contribution in [0.2, 0.25) is 0 Å². The number of nitrogens with one attached hydrogen (secondary N) is 1. The van der Waals surface area contributed by atoms with Crippen LogP contribution in [0.15, 0.2) is 96.5 Å². The zero-order valence-electron chi connectivity index (χ0n) is 36.4. The van der Waals surface area contributed by atoms with Crippen molar-refractivity contribution >= 4 is 123 Å². The van der Waals surface area contributed by atoms with Gasteiger partial charge in [0.1, 0.15) is 42.7 Å². The van der Waals surface area contributed by atoms with E-state index in [9.17, 15) is 57.1 Å². The fraction of sp³-hybridized carbons (Fsp3) is 0.146. The molecule has 22 nitrogen and oxygen atoms in total. The van der Waals surface area contributed by atoms with Gasteiger partial charge in [0.15, 0.2) is 16.8 Å². The fourth-order valence-electron chi connectivity index (χ4n) is 7.59. The molecule has 0 aliphatic heterocycles. The van der Waals surface area contributed by atoms with E-state index in [0.29, 0.717) is 33.0 Å². The topological polar surface area (TPSA) is 338 Å². The van der Waals surface area contributed by atoms with Gasteiger partial charge < -0.3 is 5.32 Å². The summed E-state index contributed by atoms with van der Waals surface area (Å²) in [6, 6.07) is 18.7. The second kappa shape index (κ2) is 17.4. The summed E-state index contributed by atoms with van der Waals surface area (Å²) >= 11 is 2.29. The maximum Gasteiger partial charge on any atom is 0.294 e. The molecule has 4 aromatic carbocycles. The predicted octanol–water partition coefficient (Wildman–Crippen LogP) is 8.82. The molecule has 0 unspecified atom stereocenters. The lowest BCUT2D eigenvalue weighted by molar-refractivity contribution is 0.475. The minimum Gasteiger partial charge on any atom is -0.338 e. The molecule has 0 saturated heterocycles. The number of nitrogens with zero attached hydrogens (tertiary/aromatic N) is 9. The van der Waals surface area contributed by atoms with Crippen molar-refractivity contribution in [2.75, 3.05) is 10.2 Å². The van der Waals surface area contributed by atoms with Crippen LogP contribution in [0, 0.1) is 52.9 Å². The number of pyridine rings is 1.